The molecule has 0 aromatic heterocycles. The van der Waals surface area contributed by atoms with Crippen molar-refractivity contribution in [3.05, 3.63) is 12.2 Å². The van der Waals surface area contributed by atoms with E-state index < -0.39 is 0 Å². The molecule has 8 heavy (non-hydrogen) atoms. The van der Waals surface area contributed by atoms with E-state index in [0.29, 0.717) is 3.74 Å². The summed E-state index contributed by atoms with van der Waals surface area (Å²) in [7, 11) is 0. The molecule has 0 aliphatic rings. The molecule has 0 radical (unpaired) electrons. The van der Waals surface area contributed by atoms with Crippen LogP contribution in [0.4, 0.5) is 0 Å². The topological polar surface area (TPSA) is 0 Å². The molecule has 0 nitrogen and oxygen atoms in total. The molecule has 0 saturated heterocycles. The zero-order valence-electron chi connectivity index (χ0n) is 4.90. The van der Waals surface area contributed by atoms with Crippen LogP contribution in [0.1, 0.15) is 19.8 Å². The third kappa shape index (κ3) is 6.70. The second-order valence-corrected chi connectivity index (χ2v) is 4.95. The lowest BCUT2D eigenvalue weighted by atomic mass is 10.4. The van der Waals surface area contributed by atoms with Crippen molar-refractivity contribution in [2.45, 2.75) is 23.5 Å². The van der Waals surface area contributed by atoms with E-state index in [9.17, 15) is 0 Å². The maximum absolute atomic E-state index is 3.37. The maximum Gasteiger partial charge on any atom is 0.0732 e. The molecule has 0 aliphatic carbocycles. The Morgan fingerprint density at radius 1 is 1.38 bits per heavy atom. The first-order valence-electron chi connectivity index (χ1n) is 2.70. The van der Waals surface area contributed by atoms with Crippen LogP contribution in [-0.4, -0.2) is 3.74 Å². The van der Waals surface area contributed by atoms with Crippen molar-refractivity contribution in [3.8, 4) is 0 Å². The largest absolute Gasteiger partial charge is 0.0887 e. The van der Waals surface area contributed by atoms with Gasteiger partial charge in [-0.05, 0) is 12.8 Å². The highest BCUT2D eigenvalue weighted by molar-refractivity contribution is 9.24. The summed E-state index contributed by atoms with van der Waals surface area (Å²) < 4.78 is 0.442. The van der Waals surface area contributed by atoms with Gasteiger partial charge in [-0.2, -0.15) is 0 Å². The summed E-state index contributed by atoms with van der Waals surface area (Å²) in [6.07, 6.45) is 6.52. The SMILES string of the molecule is CC/C=C\CC(Br)Br. The summed E-state index contributed by atoms with van der Waals surface area (Å²) in [6, 6.07) is 0. The van der Waals surface area contributed by atoms with E-state index in [1.54, 1.807) is 0 Å². The number of hydrogen-bond acceptors (Lipinski definition) is 0. The van der Waals surface area contributed by atoms with Gasteiger partial charge >= 0.3 is 0 Å². The van der Waals surface area contributed by atoms with Gasteiger partial charge in [0.05, 0.1) is 3.74 Å². The van der Waals surface area contributed by atoms with Gasteiger partial charge in [0.1, 0.15) is 0 Å². The van der Waals surface area contributed by atoms with Gasteiger partial charge in [0.15, 0.2) is 0 Å². The second-order valence-electron chi connectivity index (χ2n) is 1.51. The monoisotopic (exact) mass is 240 g/mol. The smallest absolute Gasteiger partial charge is 0.0732 e. The first kappa shape index (κ1) is 8.70. The van der Waals surface area contributed by atoms with Gasteiger partial charge in [0.25, 0.3) is 0 Å². The van der Waals surface area contributed by atoms with Crippen LogP contribution in [0.2, 0.25) is 0 Å². The molecule has 0 aromatic carbocycles. The van der Waals surface area contributed by atoms with Crippen LogP contribution in [0.25, 0.3) is 0 Å². The van der Waals surface area contributed by atoms with Crippen LogP contribution < -0.4 is 0 Å². The fraction of sp³-hybridized carbons (Fsp3) is 0.667. The fourth-order valence-electron chi connectivity index (χ4n) is 0.366. The van der Waals surface area contributed by atoms with E-state index in [4.69, 9.17) is 0 Å². The summed E-state index contributed by atoms with van der Waals surface area (Å²) in [6.45, 7) is 2.13. The normalized spacial score (nSPS) is 11.5. The Kier molecular flexibility index (Phi) is 6.34. The van der Waals surface area contributed by atoms with Crippen LogP contribution >= 0.6 is 31.9 Å². The molecule has 0 bridgehead atoms. The van der Waals surface area contributed by atoms with Crippen molar-refractivity contribution in [3.63, 3.8) is 0 Å². The van der Waals surface area contributed by atoms with E-state index in [2.05, 4.69) is 50.9 Å². The zero-order chi connectivity index (χ0) is 6.41. The molecule has 0 unspecified atom stereocenters. The zero-order valence-corrected chi connectivity index (χ0v) is 8.07. The Hall–Kier alpha value is 0.700. The van der Waals surface area contributed by atoms with E-state index >= 15 is 0 Å². The van der Waals surface area contributed by atoms with Gasteiger partial charge in [-0.1, -0.05) is 50.9 Å². The number of allylic oxidation sites excluding steroid dienone is 2. The highest BCUT2D eigenvalue weighted by atomic mass is 79.9. The Morgan fingerprint density at radius 3 is 2.38 bits per heavy atom. The van der Waals surface area contributed by atoms with Crippen LogP contribution in [0.5, 0.6) is 0 Å². The number of hydrogen-bond donors (Lipinski definition) is 0. The van der Waals surface area contributed by atoms with E-state index in [0.717, 1.165) is 12.8 Å². The molecular formula is C6H10Br2. The van der Waals surface area contributed by atoms with Crippen molar-refractivity contribution in [2.75, 3.05) is 0 Å². The minimum absolute atomic E-state index is 0.442. The molecule has 2 heteroatoms. The molecule has 0 spiro atoms. The Labute approximate surface area is 67.6 Å². The Bertz CT molecular complexity index is 66.9. The predicted octanol–water partition coefficient (Wildman–Crippen LogP) is 3.46. The lowest BCUT2D eigenvalue weighted by molar-refractivity contribution is 1.15. The first-order chi connectivity index (χ1) is 3.77. The third-order valence-electron chi connectivity index (χ3n) is 0.717. The summed E-state index contributed by atoms with van der Waals surface area (Å²) in [5.41, 5.74) is 0. The molecule has 0 heterocycles. The summed E-state index contributed by atoms with van der Waals surface area (Å²) in [4.78, 5) is 0. The average molecular weight is 242 g/mol. The van der Waals surface area contributed by atoms with E-state index in [-0.39, 0.29) is 0 Å². The van der Waals surface area contributed by atoms with Crippen molar-refractivity contribution < 1.29 is 0 Å². The minimum atomic E-state index is 0.442. The molecule has 0 fully saturated rings. The summed E-state index contributed by atoms with van der Waals surface area (Å²) >= 11 is 6.74. The quantitative estimate of drug-likeness (QED) is 0.525. The molecule has 0 aromatic rings. The highest BCUT2D eigenvalue weighted by Gasteiger charge is 1.89. The van der Waals surface area contributed by atoms with E-state index in [1.807, 2.05) is 0 Å². The van der Waals surface area contributed by atoms with Gasteiger partial charge < -0.3 is 0 Å². The number of halogens is 2. The third-order valence-corrected chi connectivity index (χ3v) is 1.46. The molecular weight excluding hydrogens is 232 g/mol. The van der Waals surface area contributed by atoms with Crippen LogP contribution in [0, 0.1) is 0 Å². The van der Waals surface area contributed by atoms with Crippen molar-refractivity contribution in [1.82, 2.24) is 0 Å². The molecule has 0 N–H and O–H groups in total. The van der Waals surface area contributed by atoms with Gasteiger partial charge in [0.2, 0.25) is 0 Å². The summed E-state index contributed by atoms with van der Waals surface area (Å²) in [5.74, 6) is 0. The second kappa shape index (κ2) is 5.83. The summed E-state index contributed by atoms with van der Waals surface area (Å²) in [5, 5.41) is 0. The van der Waals surface area contributed by atoms with Crippen molar-refractivity contribution >= 4 is 31.9 Å². The lowest BCUT2D eigenvalue weighted by Gasteiger charge is -1.90. The lowest BCUT2D eigenvalue weighted by Crippen LogP contribution is -1.77. The average Bonchev–Trinajstić information content (AvgIpc) is 1.66. The van der Waals surface area contributed by atoms with E-state index in [1.165, 1.54) is 0 Å². The molecule has 0 atom stereocenters. The van der Waals surface area contributed by atoms with Crippen LogP contribution in [0.15, 0.2) is 12.2 Å². The number of rotatable bonds is 3. The molecule has 0 rings (SSSR count). The van der Waals surface area contributed by atoms with Crippen molar-refractivity contribution in [2.24, 2.45) is 0 Å². The van der Waals surface area contributed by atoms with Gasteiger partial charge in [-0.15, -0.1) is 0 Å². The molecule has 0 aliphatic heterocycles. The van der Waals surface area contributed by atoms with Crippen LogP contribution in [0.3, 0.4) is 0 Å². The fourth-order valence-corrected chi connectivity index (χ4v) is 0.797. The Balaban J connectivity index is 3.03. The highest BCUT2D eigenvalue weighted by Crippen LogP contribution is 2.12. The van der Waals surface area contributed by atoms with Gasteiger partial charge in [0, 0.05) is 0 Å². The molecule has 0 saturated carbocycles. The molecule has 48 valence electrons. The van der Waals surface area contributed by atoms with Gasteiger partial charge in [-0.25, -0.2) is 0 Å². The maximum atomic E-state index is 3.37. The Morgan fingerprint density at radius 2 is 2.00 bits per heavy atom. The van der Waals surface area contributed by atoms with Gasteiger partial charge in [-0.3, -0.25) is 0 Å². The first-order valence-corrected chi connectivity index (χ1v) is 4.53. The number of alkyl halides is 2. The molecule has 0 amide bonds. The van der Waals surface area contributed by atoms with Crippen LogP contribution in [-0.2, 0) is 0 Å². The van der Waals surface area contributed by atoms with Crippen molar-refractivity contribution in [1.29, 1.82) is 0 Å². The predicted molar refractivity (Wildman–Crippen MR) is 45.7 cm³/mol. The standard InChI is InChI=1S/C6H10Br2/c1-2-3-4-5-6(7)8/h3-4,6H,2,5H2,1H3/b4-3-. The minimum Gasteiger partial charge on any atom is -0.0887 e.